The third kappa shape index (κ3) is 3.59. The number of carbonyl (C=O) groups is 1. The van der Waals surface area contributed by atoms with Gasteiger partial charge in [0.25, 0.3) is 0 Å². The average molecular weight is 185 g/mol. The monoisotopic (exact) mass is 185 g/mol. The van der Waals surface area contributed by atoms with Gasteiger partial charge in [-0.1, -0.05) is 26.0 Å². The maximum atomic E-state index is 10.6. The number of carboxylic acid groups (broad SMARTS) is 1. The largest absolute Gasteiger partial charge is 0.480 e. The number of carboxylic acids is 1. The van der Waals surface area contributed by atoms with Gasteiger partial charge in [0.2, 0.25) is 0 Å². The fourth-order valence-corrected chi connectivity index (χ4v) is 1.42. The molecule has 13 heavy (non-hydrogen) atoms. The lowest BCUT2D eigenvalue weighted by atomic mass is 9.86. The van der Waals surface area contributed by atoms with Crippen LogP contribution in [0.4, 0.5) is 0 Å². The van der Waals surface area contributed by atoms with Crippen LogP contribution in [0.25, 0.3) is 0 Å². The highest BCUT2D eigenvalue weighted by Crippen LogP contribution is 2.19. The third-order valence-electron chi connectivity index (χ3n) is 2.44. The van der Waals surface area contributed by atoms with Gasteiger partial charge in [0.05, 0.1) is 0 Å². The van der Waals surface area contributed by atoms with E-state index in [1.54, 1.807) is 0 Å². The molecule has 0 aliphatic rings. The standard InChI is InChI=1S/C10H19NO2/c1-4-6-8(5-2)7(3)9(11)10(12)13/h4,6-9H,5,11H2,1-3H3,(H,12,13)/b6-4+/t7-,8+,9-/m0/s1. The molecular formula is C10H19NO2. The first-order valence-electron chi connectivity index (χ1n) is 4.65. The molecule has 76 valence electrons. The van der Waals surface area contributed by atoms with Crippen LogP contribution in [0.1, 0.15) is 27.2 Å². The van der Waals surface area contributed by atoms with Gasteiger partial charge in [0.15, 0.2) is 0 Å². The quantitative estimate of drug-likeness (QED) is 0.640. The predicted molar refractivity (Wildman–Crippen MR) is 53.4 cm³/mol. The Bertz CT molecular complexity index is 189. The molecule has 0 aliphatic heterocycles. The lowest BCUT2D eigenvalue weighted by Crippen LogP contribution is -2.39. The van der Waals surface area contributed by atoms with E-state index in [1.165, 1.54) is 0 Å². The van der Waals surface area contributed by atoms with Crippen molar-refractivity contribution in [1.82, 2.24) is 0 Å². The Hall–Kier alpha value is -0.830. The van der Waals surface area contributed by atoms with Crippen molar-refractivity contribution < 1.29 is 9.90 Å². The summed E-state index contributed by atoms with van der Waals surface area (Å²) in [6.45, 7) is 5.85. The van der Waals surface area contributed by atoms with E-state index in [9.17, 15) is 4.79 Å². The Morgan fingerprint density at radius 2 is 2.15 bits per heavy atom. The van der Waals surface area contributed by atoms with Gasteiger partial charge < -0.3 is 10.8 Å². The first-order valence-corrected chi connectivity index (χ1v) is 4.65. The summed E-state index contributed by atoms with van der Waals surface area (Å²) in [6.07, 6.45) is 4.89. The van der Waals surface area contributed by atoms with Crippen molar-refractivity contribution in [3.63, 3.8) is 0 Å². The van der Waals surface area contributed by atoms with Crippen LogP contribution < -0.4 is 5.73 Å². The second kappa shape index (κ2) is 5.75. The Labute approximate surface area is 79.6 Å². The van der Waals surface area contributed by atoms with Crippen LogP contribution in [0, 0.1) is 11.8 Å². The van der Waals surface area contributed by atoms with Gasteiger partial charge in [0.1, 0.15) is 6.04 Å². The van der Waals surface area contributed by atoms with Crippen LogP contribution in [0.5, 0.6) is 0 Å². The second-order valence-electron chi connectivity index (χ2n) is 3.32. The van der Waals surface area contributed by atoms with Gasteiger partial charge in [-0.25, -0.2) is 0 Å². The van der Waals surface area contributed by atoms with Gasteiger partial charge in [-0.2, -0.15) is 0 Å². The Kier molecular flexibility index (Phi) is 5.39. The first kappa shape index (κ1) is 12.2. The number of allylic oxidation sites excluding steroid dienone is 2. The highest BCUT2D eigenvalue weighted by Gasteiger charge is 2.24. The zero-order chi connectivity index (χ0) is 10.4. The molecule has 0 aromatic carbocycles. The van der Waals surface area contributed by atoms with Gasteiger partial charge in [-0.05, 0) is 25.2 Å². The summed E-state index contributed by atoms with van der Waals surface area (Å²) in [4.78, 5) is 10.6. The molecular weight excluding hydrogens is 166 g/mol. The topological polar surface area (TPSA) is 63.3 Å². The molecule has 0 saturated carbocycles. The van der Waals surface area contributed by atoms with Gasteiger partial charge >= 0.3 is 5.97 Å². The van der Waals surface area contributed by atoms with Gasteiger partial charge in [0, 0.05) is 0 Å². The molecule has 0 heterocycles. The molecule has 0 fully saturated rings. The van der Waals surface area contributed by atoms with Crippen molar-refractivity contribution in [1.29, 1.82) is 0 Å². The maximum Gasteiger partial charge on any atom is 0.320 e. The molecule has 3 heteroatoms. The van der Waals surface area contributed by atoms with Crippen molar-refractivity contribution in [2.45, 2.75) is 33.2 Å². The highest BCUT2D eigenvalue weighted by molar-refractivity contribution is 5.73. The molecule has 0 saturated heterocycles. The molecule has 3 atom stereocenters. The van der Waals surface area contributed by atoms with Gasteiger partial charge in [-0.15, -0.1) is 0 Å². The van der Waals surface area contributed by atoms with E-state index in [1.807, 2.05) is 32.9 Å². The van der Waals surface area contributed by atoms with E-state index < -0.39 is 12.0 Å². The fraction of sp³-hybridized carbons (Fsp3) is 0.700. The average Bonchev–Trinajstić information content (AvgIpc) is 2.11. The molecule has 0 bridgehead atoms. The Morgan fingerprint density at radius 1 is 1.62 bits per heavy atom. The molecule has 0 unspecified atom stereocenters. The minimum Gasteiger partial charge on any atom is -0.480 e. The van der Waals surface area contributed by atoms with E-state index >= 15 is 0 Å². The normalized spacial score (nSPS) is 18.5. The predicted octanol–water partition coefficient (Wildman–Crippen LogP) is 1.64. The molecule has 0 rings (SSSR count). The summed E-state index contributed by atoms with van der Waals surface area (Å²) < 4.78 is 0. The summed E-state index contributed by atoms with van der Waals surface area (Å²) in [6, 6.07) is -0.763. The van der Waals surface area contributed by atoms with Crippen molar-refractivity contribution >= 4 is 5.97 Å². The molecule has 0 aromatic heterocycles. The minimum absolute atomic E-state index is 0.0151. The van der Waals surface area contributed by atoms with Gasteiger partial charge in [-0.3, -0.25) is 4.79 Å². The first-order chi connectivity index (χ1) is 6.04. The highest BCUT2D eigenvalue weighted by atomic mass is 16.4. The molecule has 0 aromatic rings. The van der Waals surface area contributed by atoms with Crippen molar-refractivity contribution in [2.75, 3.05) is 0 Å². The van der Waals surface area contributed by atoms with E-state index in [4.69, 9.17) is 10.8 Å². The van der Waals surface area contributed by atoms with E-state index in [0.717, 1.165) is 6.42 Å². The van der Waals surface area contributed by atoms with Crippen molar-refractivity contribution in [3.05, 3.63) is 12.2 Å². The van der Waals surface area contributed by atoms with Crippen LogP contribution in [-0.2, 0) is 4.79 Å². The lowest BCUT2D eigenvalue weighted by Gasteiger charge is -2.22. The van der Waals surface area contributed by atoms with Crippen LogP contribution in [0.3, 0.4) is 0 Å². The zero-order valence-corrected chi connectivity index (χ0v) is 8.53. The number of hydrogen-bond acceptors (Lipinski definition) is 2. The molecule has 3 nitrogen and oxygen atoms in total. The number of hydrogen-bond donors (Lipinski definition) is 2. The molecule has 0 radical (unpaired) electrons. The van der Waals surface area contributed by atoms with Crippen LogP contribution in [-0.4, -0.2) is 17.1 Å². The van der Waals surface area contributed by atoms with Crippen molar-refractivity contribution in [3.8, 4) is 0 Å². The van der Waals surface area contributed by atoms with Crippen LogP contribution in [0.2, 0.25) is 0 Å². The fourth-order valence-electron chi connectivity index (χ4n) is 1.42. The van der Waals surface area contributed by atoms with Crippen LogP contribution >= 0.6 is 0 Å². The smallest absolute Gasteiger partial charge is 0.320 e. The SMILES string of the molecule is C/C=C/[C@@H](CC)[C@H](C)[C@H](N)C(=O)O. The lowest BCUT2D eigenvalue weighted by molar-refractivity contribution is -0.140. The number of aliphatic carboxylic acids is 1. The second-order valence-corrected chi connectivity index (χ2v) is 3.32. The molecule has 3 N–H and O–H groups in total. The summed E-state index contributed by atoms with van der Waals surface area (Å²) in [5.74, 6) is -0.676. The summed E-state index contributed by atoms with van der Waals surface area (Å²) in [5.41, 5.74) is 5.53. The molecule has 0 aliphatic carbocycles. The van der Waals surface area contributed by atoms with Crippen molar-refractivity contribution in [2.24, 2.45) is 17.6 Å². The maximum absolute atomic E-state index is 10.6. The number of rotatable bonds is 5. The van der Waals surface area contributed by atoms with E-state index in [2.05, 4.69) is 0 Å². The Morgan fingerprint density at radius 3 is 2.46 bits per heavy atom. The zero-order valence-electron chi connectivity index (χ0n) is 8.53. The van der Waals surface area contributed by atoms with E-state index in [-0.39, 0.29) is 11.8 Å². The molecule has 0 spiro atoms. The molecule has 0 amide bonds. The summed E-state index contributed by atoms with van der Waals surface area (Å²) in [7, 11) is 0. The summed E-state index contributed by atoms with van der Waals surface area (Å²) in [5, 5.41) is 8.72. The third-order valence-corrected chi connectivity index (χ3v) is 2.44. The van der Waals surface area contributed by atoms with Crippen LogP contribution in [0.15, 0.2) is 12.2 Å². The number of nitrogens with two attached hydrogens (primary N) is 1. The Balaban J connectivity index is 4.35. The summed E-state index contributed by atoms with van der Waals surface area (Å²) >= 11 is 0. The minimum atomic E-state index is -0.921. The van der Waals surface area contributed by atoms with E-state index in [0.29, 0.717) is 0 Å².